The highest BCUT2D eigenvalue weighted by Crippen LogP contribution is 2.38. The number of hydrogen-bond acceptors (Lipinski definition) is 3. The lowest BCUT2D eigenvalue weighted by Crippen LogP contribution is -2.25. The predicted octanol–water partition coefficient (Wildman–Crippen LogP) is 5.15. The van der Waals surface area contributed by atoms with Crippen molar-refractivity contribution in [2.75, 3.05) is 0 Å². The Kier molecular flexibility index (Phi) is 5.17. The van der Waals surface area contributed by atoms with Crippen molar-refractivity contribution in [3.05, 3.63) is 54.0 Å². The van der Waals surface area contributed by atoms with Gasteiger partial charge in [0, 0.05) is 10.9 Å². The summed E-state index contributed by atoms with van der Waals surface area (Å²) >= 11 is 1.78. The number of benzene rings is 1. The third kappa shape index (κ3) is 4.14. The van der Waals surface area contributed by atoms with Gasteiger partial charge in [0.1, 0.15) is 5.76 Å². The molecular formula is C18H25NOS. The summed E-state index contributed by atoms with van der Waals surface area (Å²) in [5.74, 6) is 0.953. The van der Waals surface area contributed by atoms with Crippen molar-refractivity contribution in [1.29, 1.82) is 0 Å². The summed E-state index contributed by atoms with van der Waals surface area (Å²) in [7, 11) is 0. The Morgan fingerprint density at radius 1 is 1.14 bits per heavy atom. The van der Waals surface area contributed by atoms with E-state index in [-0.39, 0.29) is 16.7 Å². The van der Waals surface area contributed by atoms with E-state index in [1.54, 1.807) is 18.0 Å². The minimum Gasteiger partial charge on any atom is -0.468 e. The van der Waals surface area contributed by atoms with E-state index in [0.717, 1.165) is 12.2 Å². The molecule has 0 radical (unpaired) electrons. The number of rotatable bonds is 5. The van der Waals surface area contributed by atoms with Gasteiger partial charge in [0.05, 0.1) is 11.5 Å². The number of thioether (sulfide) groups is 1. The molecule has 0 fully saturated rings. The summed E-state index contributed by atoms with van der Waals surface area (Å²) in [6, 6.07) is 12.8. The lowest BCUT2D eigenvalue weighted by molar-refractivity contribution is 0.474. The fourth-order valence-corrected chi connectivity index (χ4v) is 3.41. The van der Waals surface area contributed by atoms with Crippen LogP contribution in [0, 0.1) is 0 Å². The van der Waals surface area contributed by atoms with Gasteiger partial charge >= 0.3 is 0 Å². The van der Waals surface area contributed by atoms with Gasteiger partial charge in [-0.15, -0.1) is 11.8 Å². The molecule has 2 atom stereocenters. The summed E-state index contributed by atoms with van der Waals surface area (Å²) in [6.45, 7) is 8.80. The molecule has 0 saturated heterocycles. The van der Waals surface area contributed by atoms with Crippen molar-refractivity contribution >= 4 is 11.8 Å². The van der Waals surface area contributed by atoms with E-state index < -0.39 is 0 Å². The van der Waals surface area contributed by atoms with Crippen LogP contribution in [0.1, 0.15) is 50.7 Å². The molecule has 1 heterocycles. The van der Waals surface area contributed by atoms with E-state index in [1.165, 1.54) is 10.5 Å². The molecule has 2 unspecified atom stereocenters. The summed E-state index contributed by atoms with van der Waals surface area (Å²) in [5.41, 5.74) is 7.81. The largest absolute Gasteiger partial charge is 0.468 e. The molecule has 21 heavy (non-hydrogen) atoms. The molecule has 1 aromatic carbocycles. The van der Waals surface area contributed by atoms with E-state index in [2.05, 4.69) is 52.0 Å². The Morgan fingerprint density at radius 2 is 1.81 bits per heavy atom. The highest BCUT2D eigenvalue weighted by atomic mass is 32.2. The van der Waals surface area contributed by atoms with Gasteiger partial charge in [0.15, 0.2) is 0 Å². The van der Waals surface area contributed by atoms with Crippen LogP contribution in [-0.4, -0.2) is 6.04 Å². The third-order valence-electron chi connectivity index (χ3n) is 3.67. The lowest BCUT2D eigenvalue weighted by Gasteiger charge is -2.22. The van der Waals surface area contributed by atoms with Crippen molar-refractivity contribution in [2.45, 2.75) is 55.7 Å². The molecule has 2 N–H and O–H groups in total. The molecule has 0 aliphatic carbocycles. The zero-order valence-corrected chi connectivity index (χ0v) is 14.1. The van der Waals surface area contributed by atoms with Crippen LogP contribution in [0.2, 0.25) is 0 Å². The summed E-state index contributed by atoms with van der Waals surface area (Å²) in [5, 5.41) is 0.158. The Labute approximate surface area is 132 Å². The van der Waals surface area contributed by atoms with Crippen molar-refractivity contribution in [2.24, 2.45) is 5.73 Å². The van der Waals surface area contributed by atoms with Crippen molar-refractivity contribution in [1.82, 2.24) is 0 Å². The second kappa shape index (κ2) is 6.71. The van der Waals surface area contributed by atoms with Gasteiger partial charge in [-0.3, -0.25) is 0 Å². The minimum atomic E-state index is 0.0865. The summed E-state index contributed by atoms with van der Waals surface area (Å²) in [4.78, 5) is 1.23. The number of furan rings is 1. The third-order valence-corrected chi connectivity index (χ3v) is 5.05. The van der Waals surface area contributed by atoms with Crippen LogP contribution in [-0.2, 0) is 5.41 Å². The molecule has 0 bridgehead atoms. The van der Waals surface area contributed by atoms with Gasteiger partial charge in [0.2, 0.25) is 0 Å². The lowest BCUT2D eigenvalue weighted by atomic mass is 9.87. The zero-order valence-electron chi connectivity index (χ0n) is 13.3. The van der Waals surface area contributed by atoms with Gasteiger partial charge in [-0.05, 0) is 41.7 Å². The molecule has 0 aliphatic heterocycles. The predicted molar refractivity (Wildman–Crippen MR) is 90.7 cm³/mol. The number of nitrogens with two attached hydrogens (primary N) is 1. The maximum atomic E-state index is 6.27. The van der Waals surface area contributed by atoms with Gasteiger partial charge in [0.25, 0.3) is 0 Å². The van der Waals surface area contributed by atoms with Gasteiger partial charge in [-0.2, -0.15) is 0 Å². The molecule has 1 aromatic heterocycles. The molecule has 2 rings (SSSR count). The standard InChI is InChI=1S/C18H25NOS/c1-5-15(19)17(16-7-6-12-20-16)21-14-10-8-13(9-11-14)18(2,3)4/h6-12,15,17H,5,19H2,1-4H3. The zero-order chi connectivity index (χ0) is 15.5. The molecule has 0 amide bonds. The van der Waals surface area contributed by atoms with E-state index >= 15 is 0 Å². The quantitative estimate of drug-likeness (QED) is 0.777. The second-order valence-electron chi connectivity index (χ2n) is 6.40. The SMILES string of the molecule is CCC(N)C(Sc1ccc(C(C)(C)C)cc1)c1ccco1. The first kappa shape index (κ1) is 16.2. The highest BCUT2D eigenvalue weighted by molar-refractivity contribution is 7.99. The number of hydrogen-bond donors (Lipinski definition) is 1. The van der Waals surface area contributed by atoms with Crippen LogP contribution < -0.4 is 5.73 Å². The van der Waals surface area contributed by atoms with Gasteiger partial charge < -0.3 is 10.2 Å². The van der Waals surface area contributed by atoms with E-state index in [4.69, 9.17) is 10.2 Å². The molecule has 0 saturated carbocycles. The molecule has 114 valence electrons. The molecular weight excluding hydrogens is 278 g/mol. The highest BCUT2D eigenvalue weighted by Gasteiger charge is 2.22. The smallest absolute Gasteiger partial charge is 0.118 e. The average Bonchev–Trinajstić information content (AvgIpc) is 2.97. The Balaban J connectivity index is 2.17. The summed E-state index contributed by atoms with van der Waals surface area (Å²) < 4.78 is 5.57. The molecule has 0 aliphatic rings. The van der Waals surface area contributed by atoms with Crippen molar-refractivity contribution in [3.63, 3.8) is 0 Å². The van der Waals surface area contributed by atoms with E-state index in [9.17, 15) is 0 Å². The molecule has 0 spiro atoms. The van der Waals surface area contributed by atoms with Crippen LogP contribution in [0.15, 0.2) is 52.0 Å². The van der Waals surface area contributed by atoms with Crippen LogP contribution in [0.4, 0.5) is 0 Å². The Bertz CT molecular complexity index is 540. The fraction of sp³-hybridized carbons (Fsp3) is 0.444. The molecule has 2 nitrogen and oxygen atoms in total. The van der Waals surface area contributed by atoms with Crippen LogP contribution in [0.5, 0.6) is 0 Å². The first-order valence-electron chi connectivity index (χ1n) is 7.48. The minimum absolute atomic E-state index is 0.0865. The maximum absolute atomic E-state index is 6.27. The Morgan fingerprint density at radius 3 is 2.29 bits per heavy atom. The fourth-order valence-electron chi connectivity index (χ4n) is 2.20. The maximum Gasteiger partial charge on any atom is 0.118 e. The second-order valence-corrected chi connectivity index (χ2v) is 7.62. The normalized spacial score (nSPS) is 14.9. The van der Waals surface area contributed by atoms with Crippen LogP contribution in [0.25, 0.3) is 0 Å². The average molecular weight is 303 g/mol. The van der Waals surface area contributed by atoms with Crippen LogP contribution in [0.3, 0.4) is 0 Å². The topological polar surface area (TPSA) is 39.2 Å². The first-order valence-corrected chi connectivity index (χ1v) is 8.36. The molecule has 2 aromatic rings. The van der Waals surface area contributed by atoms with Crippen molar-refractivity contribution in [3.8, 4) is 0 Å². The first-order chi connectivity index (χ1) is 9.91. The Hall–Kier alpha value is -1.19. The van der Waals surface area contributed by atoms with E-state index in [1.807, 2.05) is 12.1 Å². The van der Waals surface area contributed by atoms with Gasteiger partial charge in [-0.1, -0.05) is 39.8 Å². The van der Waals surface area contributed by atoms with E-state index in [0.29, 0.717) is 0 Å². The monoisotopic (exact) mass is 303 g/mol. The van der Waals surface area contributed by atoms with Crippen molar-refractivity contribution < 1.29 is 4.42 Å². The van der Waals surface area contributed by atoms with Crippen LogP contribution >= 0.6 is 11.8 Å². The molecule has 3 heteroatoms. The van der Waals surface area contributed by atoms with Gasteiger partial charge in [-0.25, -0.2) is 0 Å². The summed E-state index contributed by atoms with van der Waals surface area (Å²) in [6.07, 6.45) is 2.65.